The van der Waals surface area contributed by atoms with Crippen molar-refractivity contribution in [2.45, 2.75) is 30.8 Å². The lowest BCUT2D eigenvalue weighted by Crippen LogP contribution is -2.61. The summed E-state index contributed by atoms with van der Waals surface area (Å²) < 4.78 is 5.02. The molecule has 0 aromatic rings. The molecule has 21 heavy (non-hydrogen) atoms. The fourth-order valence-corrected chi connectivity index (χ4v) is 2.35. The maximum atomic E-state index is 11.9. The lowest BCUT2D eigenvalue weighted by atomic mass is 9.99. The van der Waals surface area contributed by atoms with E-state index in [1.54, 1.807) is 0 Å². The second kappa shape index (κ2) is 5.68. The Morgan fingerprint density at radius 3 is 2.71 bits per heavy atom. The lowest BCUT2D eigenvalue weighted by Gasteiger charge is -2.30. The van der Waals surface area contributed by atoms with Crippen LogP contribution in [0.2, 0.25) is 0 Å². The molecular weight excluding hydrogens is 282 g/mol. The molecule has 0 bridgehead atoms. The minimum atomic E-state index is -1.47. The van der Waals surface area contributed by atoms with Gasteiger partial charge in [0.1, 0.15) is 6.04 Å². The van der Waals surface area contributed by atoms with Crippen molar-refractivity contribution in [3.05, 3.63) is 0 Å². The van der Waals surface area contributed by atoms with Crippen LogP contribution in [0.25, 0.3) is 0 Å². The highest BCUT2D eigenvalue weighted by atomic mass is 16.5. The van der Waals surface area contributed by atoms with Crippen molar-refractivity contribution in [3.63, 3.8) is 0 Å². The van der Waals surface area contributed by atoms with Gasteiger partial charge in [0.05, 0.1) is 6.61 Å². The van der Waals surface area contributed by atoms with Crippen LogP contribution in [-0.2, 0) is 19.1 Å². The monoisotopic (exact) mass is 299 g/mol. The number of aliphatic carboxylic acids is 1. The van der Waals surface area contributed by atoms with Gasteiger partial charge in [-0.05, 0) is 6.42 Å². The average Bonchev–Trinajstić information content (AvgIpc) is 2.89. The average molecular weight is 299 g/mol. The van der Waals surface area contributed by atoms with Gasteiger partial charge in [-0.15, -0.1) is 0 Å². The number of carbonyl (C=O) groups excluding carboxylic acids is 3. The molecule has 9 nitrogen and oxygen atoms in total. The van der Waals surface area contributed by atoms with E-state index in [1.165, 1.54) is 7.05 Å². The highest BCUT2D eigenvalue weighted by Crippen LogP contribution is 2.19. The van der Waals surface area contributed by atoms with Crippen LogP contribution in [0.5, 0.6) is 0 Å². The number of likely N-dealkylation sites (tertiary alicyclic amines) is 1. The molecule has 0 aromatic heterocycles. The zero-order valence-corrected chi connectivity index (χ0v) is 11.5. The van der Waals surface area contributed by atoms with Crippen molar-refractivity contribution >= 4 is 23.8 Å². The Bertz CT molecular complexity index is 485. The van der Waals surface area contributed by atoms with E-state index in [-0.39, 0.29) is 38.4 Å². The lowest BCUT2D eigenvalue weighted by molar-refractivity contribution is -0.147. The van der Waals surface area contributed by atoms with Crippen LogP contribution in [0.4, 0.5) is 4.79 Å². The fourth-order valence-electron chi connectivity index (χ4n) is 2.35. The maximum absolute atomic E-state index is 11.9. The quantitative estimate of drug-likeness (QED) is 0.555. The third-order valence-corrected chi connectivity index (χ3v) is 3.74. The van der Waals surface area contributed by atoms with Gasteiger partial charge in [0, 0.05) is 26.5 Å². The summed E-state index contributed by atoms with van der Waals surface area (Å²) in [5.41, 5.74) is -1.47. The van der Waals surface area contributed by atoms with Crippen molar-refractivity contribution in [1.82, 2.24) is 15.5 Å². The molecule has 2 heterocycles. The molecule has 3 N–H and O–H groups in total. The number of carbonyl (C=O) groups is 4. The molecule has 2 aliphatic heterocycles. The number of hydrogen-bond acceptors (Lipinski definition) is 5. The van der Waals surface area contributed by atoms with Crippen LogP contribution in [0, 0.1) is 0 Å². The molecule has 0 aromatic carbocycles. The van der Waals surface area contributed by atoms with Crippen molar-refractivity contribution in [1.29, 1.82) is 0 Å². The number of nitrogens with one attached hydrogen (secondary N) is 2. The standard InChI is InChI=1S/C12H17N3O6/c1-15-8(16)3-2-7(9(15)17)13-11(20)14-12(10(18)19)4-5-21-6-12/h7H,2-6H2,1H3,(H,18,19)(H2,13,14,20). The number of piperidine rings is 1. The van der Waals surface area contributed by atoms with Gasteiger partial charge < -0.3 is 20.5 Å². The van der Waals surface area contributed by atoms with E-state index in [0.717, 1.165) is 4.90 Å². The van der Waals surface area contributed by atoms with Crippen LogP contribution in [-0.4, -0.2) is 65.7 Å². The first-order chi connectivity index (χ1) is 9.85. The first kappa shape index (κ1) is 15.2. The Kier molecular flexibility index (Phi) is 4.12. The molecule has 2 rings (SSSR count). The van der Waals surface area contributed by atoms with E-state index >= 15 is 0 Å². The Hall–Kier alpha value is -2.16. The van der Waals surface area contributed by atoms with Gasteiger partial charge in [0.2, 0.25) is 5.91 Å². The number of amides is 4. The summed E-state index contributed by atoms with van der Waals surface area (Å²) in [6.45, 7) is 0.124. The van der Waals surface area contributed by atoms with E-state index in [2.05, 4.69) is 10.6 Å². The topological polar surface area (TPSA) is 125 Å². The molecule has 0 saturated carbocycles. The van der Waals surface area contributed by atoms with E-state index in [9.17, 15) is 24.3 Å². The van der Waals surface area contributed by atoms with Gasteiger partial charge in [-0.25, -0.2) is 9.59 Å². The van der Waals surface area contributed by atoms with Crippen LogP contribution in [0.1, 0.15) is 19.3 Å². The molecule has 9 heteroatoms. The van der Waals surface area contributed by atoms with Crippen molar-refractivity contribution in [3.8, 4) is 0 Å². The van der Waals surface area contributed by atoms with E-state index < -0.39 is 29.5 Å². The number of likely N-dealkylation sites (N-methyl/N-ethyl adjacent to an activating group) is 1. The van der Waals surface area contributed by atoms with Crippen LogP contribution in [0.3, 0.4) is 0 Å². The molecule has 0 spiro atoms. The number of hydrogen-bond donors (Lipinski definition) is 3. The molecule has 2 aliphatic rings. The van der Waals surface area contributed by atoms with Gasteiger partial charge in [-0.2, -0.15) is 0 Å². The molecule has 2 unspecified atom stereocenters. The minimum absolute atomic E-state index is 0.118. The zero-order chi connectivity index (χ0) is 15.6. The minimum Gasteiger partial charge on any atom is -0.479 e. The number of carboxylic acids is 1. The van der Waals surface area contributed by atoms with Crippen molar-refractivity contribution < 1.29 is 29.0 Å². The third kappa shape index (κ3) is 2.97. The van der Waals surface area contributed by atoms with Crippen molar-refractivity contribution in [2.75, 3.05) is 20.3 Å². The molecule has 2 saturated heterocycles. The summed E-state index contributed by atoms with van der Waals surface area (Å²) in [6.07, 6.45) is 0.513. The smallest absolute Gasteiger partial charge is 0.332 e. The number of urea groups is 1. The number of ether oxygens (including phenoxy) is 1. The van der Waals surface area contributed by atoms with Crippen molar-refractivity contribution in [2.24, 2.45) is 0 Å². The first-order valence-electron chi connectivity index (χ1n) is 6.56. The predicted octanol–water partition coefficient (Wildman–Crippen LogP) is -1.32. The normalized spacial score (nSPS) is 29.4. The SMILES string of the molecule is CN1C(=O)CCC(NC(=O)NC2(C(=O)O)CCOC2)C1=O. The van der Waals surface area contributed by atoms with Crippen LogP contribution in [0.15, 0.2) is 0 Å². The summed E-state index contributed by atoms with van der Waals surface area (Å²) in [7, 11) is 1.35. The van der Waals surface area contributed by atoms with Gasteiger partial charge >= 0.3 is 12.0 Å². The van der Waals surface area contributed by atoms with Gasteiger partial charge in [0.15, 0.2) is 5.54 Å². The first-order valence-corrected chi connectivity index (χ1v) is 6.56. The maximum Gasteiger partial charge on any atom is 0.332 e. The number of nitrogens with zero attached hydrogens (tertiary/aromatic N) is 1. The summed E-state index contributed by atoms with van der Waals surface area (Å²) in [5.74, 6) is -1.99. The van der Waals surface area contributed by atoms with Gasteiger partial charge in [0.25, 0.3) is 5.91 Å². The predicted molar refractivity (Wildman–Crippen MR) is 68.3 cm³/mol. The summed E-state index contributed by atoms with van der Waals surface area (Å²) in [4.78, 5) is 47.3. The number of carboxylic acid groups (broad SMARTS) is 1. The molecule has 0 aliphatic carbocycles. The summed E-state index contributed by atoms with van der Waals surface area (Å²) >= 11 is 0. The van der Waals surface area contributed by atoms with E-state index in [4.69, 9.17) is 4.74 Å². The second-order valence-electron chi connectivity index (χ2n) is 5.17. The van der Waals surface area contributed by atoms with Gasteiger partial charge in [-0.1, -0.05) is 0 Å². The summed E-state index contributed by atoms with van der Waals surface area (Å²) in [5, 5.41) is 14.0. The van der Waals surface area contributed by atoms with Crippen LogP contribution < -0.4 is 10.6 Å². The number of imide groups is 1. The molecule has 2 atom stereocenters. The largest absolute Gasteiger partial charge is 0.479 e. The second-order valence-corrected chi connectivity index (χ2v) is 5.17. The Balaban J connectivity index is 1.97. The Morgan fingerprint density at radius 1 is 1.43 bits per heavy atom. The molecule has 0 radical (unpaired) electrons. The molecule has 4 amide bonds. The number of rotatable bonds is 3. The van der Waals surface area contributed by atoms with Crippen LogP contribution >= 0.6 is 0 Å². The van der Waals surface area contributed by atoms with E-state index in [0.29, 0.717) is 0 Å². The molecular formula is C12H17N3O6. The Morgan fingerprint density at radius 2 is 2.14 bits per heavy atom. The fraction of sp³-hybridized carbons (Fsp3) is 0.667. The third-order valence-electron chi connectivity index (χ3n) is 3.74. The Labute approximate surface area is 120 Å². The van der Waals surface area contributed by atoms with Gasteiger partial charge in [-0.3, -0.25) is 14.5 Å². The highest BCUT2D eigenvalue weighted by Gasteiger charge is 2.44. The molecule has 2 fully saturated rings. The highest BCUT2D eigenvalue weighted by molar-refractivity contribution is 6.01. The van der Waals surface area contributed by atoms with E-state index in [1.807, 2.05) is 0 Å². The molecule has 116 valence electrons. The zero-order valence-electron chi connectivity index (χ0n) is 11.5. The summed E-state index contributed by atoms with van der Waals surface area (Å²) in [6, 6.07) is -1.59.